The van der Waals surface area contributed by atoms with Gasteiger partial charge in [-0.2, -0.15) is 0 Å². The van der Waals surface area contributed by atoms with Gasteiger partial charge in [-0.15, -0.1) is 0 Å². The van der Waals surface area contributed by atoms with Crippen molar-refractivity contribution in [1.82, 2.24) is 4.90 Å². The number of carbonyl (C=O) groups excluding carboxylic acids is 2. The van der Waals surface area contributed by atoms with E-state index in [1.54, 1.807) is 38.3 Å². The van der Waals surface area contributed by atoms with Crippen molar-refractivity contribution in [3.05, 3.63) is 53.8 Å². The van der Waals surface area contributed by atoms with Gasteiger partial charge < -0.3 is 14.2 Å². The lowest BCUT2D eigenvalue weighted by Crippen LogP contribution is -2.37. The summed E-state index contributed by atoms with van der Waals surface area (Å²) in [6.07, 6.45) is 4.04. The highest BCUT2D eigenvalue weighted by Gasteiger charge is 2.25. The van der Waals surface area contributed by atoms with Gasteiger partial charge in [0.25, 0.3) is 0 Å². The highest BCUT2D eigenvalue weighted by atomic mass is 16.6. The zero-order valence-electron chi connectivity index (χ0n) is 14.3. The molecule has 1 aromatic carbocycles. The van der Waals surface area contributed by atoms with Gasteiger partial charge in [0.15, 0.2) is 0 Å². The van der Waals surface area contributed by atoms with Gasteiger partial charge >= 0.3 is 12.1 Å². The fourth-order valence-electron chi connectivity index (χ4n) is 2.11. The summed E-state index contributed by atoms with van der Waals surface area (Å²) in [6.45, 7) is 1.93. The van der Waals surface area contributed by atoms with Crippen LogP contribution in [0.4, 0.5) is 4.79 Å². The van der Waals surface area contributed by atoms with Crippen LogP contribution in [0.15, 0.2) is 48.2 Å². The molecule has 0 radical (unpaired) electrons. The van der Waals surface area contributed by atoms with Gasteiger partial charge in [-0.05, 0) is 43.3 Å². The first kappa shape index (κ1) is 18.1. The van der Waals surface area contributed by atoms with Crippen molar-refractivity contribution >= 4 is 12.1 Å². The largest absolute Gasteiger partial charge is 0.497 e. The van der Waals surface area contributed by atoms with Crippen molar-refractivity contribution in [3.8, 4) is 17.6 Å². The van der Waals surface area contributed by atoms with Crippen LogP contribution < -0.4 is 4.74 Å². The number of ether oxygens (including phenoxy) is 3. The van der Waals surface area contributed by atoms with E-state index in [2.05, 4.69) is 16.6 Å². The van der Waals surface area contributed by atoms with Gasteiger partial charge in [-0.25, -0.2) is 9.59 Å². The minimum absolute atomic E-state index is 0.221. The molecule has 1 atom stereocenters. The van der Waals surface area contributed by atoms with E-state index in [0.29, 0.717) is 0 Å². The van der Waals surface area contributed by atoms with Gasteiger partial charge in [0.05, 0.1) is 26.4 Å². The lowest BCUT2D eigenvalue weighted by atomic mass is 10.1. The summed E-state index contributed by atoms with van der Waals surface area (Å²) < 4.78 is 14.8. The van der Waals surface area contributed by atoms with Crippen LogP contribution in [0.3, 0.4) is 0 Å². The number of amides is 1. The highest BCUT2D eigenvalue weighted by molar-refractivity contribution is 5.92. The Bertz CT molecular complexity index is 752. The van der Waals surface area contributed by atoms with E-state index >= 15 is 0 Å². The van der Waals surface area contributed by atoms with Crippen LogP contribution in [0.5, 0.6) is 5.75 Å². The SMILES string of the molecule is CCOC(=O)N1C=C(C(=O)OC)C=CC1C#Cc1ccc(OC)cc1. The van der Waals surface area contributed by atoms with Crippen LogP contribution >= 0.6 is 0 Å². The summed E-state index contributed by atoms with van der Waals surface area (Å²) in [5.74, 6) is 6.19. The molecule has 0 spiro atoms. The number of benzene rings is 1. The fourth-order valence-corrected chi connectivity index (χ4v) is 2.11. The van der Waals surface area contributed by atoms with Crippen LogP contribution in [-0.4, -0.2) is 43.8 Å². The molecule has 0 saturated carbocycles. The topological polar surface area (TPSA) is 65.1 Å². The van der Waals surface area contributed by atoms with E-state index in [1.165, 1.54) is 18.2 Å². The third-order valence-electron chi connectivity index (χ3n) is 3.39. The quantitative estimate of drug-likeness (QED) is 0.624. The van der Waals surface area contributed by atoms with Crippen molar-refractivity contribution < 1.29 is 23.8 Å². The molecule has 130 valence electrons. The van der Waals surface area contributed by atoms with Gasteiger partial charge in [0.1, 0.15) is 11.8 Å². The van der Waals surface area contributed by atoms with Gasteiger partial charge in [0, 0.05) is 11.8 Å². The first-order chi connectivity index (χ1) is 12.1. The minimum atomic E-state index is -0.581. The number of methoxy groups -OCH3 is 2. The monoisotopic (exact) mass is 341 g/mol. The molecular weight excluding hydrogens is 322 g/mol. The Labute approximate surface area is 146 Å². The lowest BCUT2D eigenvalue weighted by molar-refractivity contribution is -0.135. The Kier molecular flexibility index (Phi) is 6.24. The molecule has 1 aromatic rings. The predicted molar refractivity (Wildman–Crippen MR) is 91.8 cm³/mol. The standard InChI is InChI=1S/C19H19NO5/c1-4-25-19(22)20-13-15(18(21)24-3)8-10-16(20)9-5-14-6-11-17(23-2)12-7-14/h6-8,10-13,16H,4H2,1-3H3. The number of esters is 1. The van der Waals surface area contributed by atoms with Crippen LogP contribution in [0.25, 0.3) is 0 Å². The molecule has 0 fully saturated rings. The van der Waals surface area contributed by atoms with Crippen LogP contribution in [0.1, 0.15) is 12.5 Å². The lowest BCUT2D eigenvalue weighted by Gasteiger charge is -2.25. The minimum Gasteiger partial charge on any atom is -0.497 e. The maximum atomic E-state index is 12.1. The number of hydrogen-bond donors (Lipinski definition) is 0. The van der Waals surface area contributed by atoms with Gasteiger partial charge in [-0.1, -0.05) is 11.8 Å². The van der Waals surface area contributed by atoms with E-state index in [4.69, 9.17) is 9.47 Å². The summed E-state index contributed by atoms with van der Waals surface area (Å²) >= 11 is 0. The second-order valence-electron chi connectivity index (χ2n) is 4.98. The normalized spacial score (nSPS) is 15.6. The molecule has 2 rings (SSSR count). The van der Waals surface area contributed by atoms with E-state index < -0.39 is 18.1 Å². The van der Waals surface area contributed by atoms with Crippen LogP contribution in [0.2, 0.25) is 0 Å². The van der Waals surface area contributed by atoms with Crippen molar-refractivity contribution in [2.45, 2.75) is 13.0 Å². The summed E-state index contributed by atoms with van der Waals surface area (Å²) in [6, 6.07) is 6.71. The average molecular weight is 341 g/mol. The van der Waals surface area contributed by atoms with Gasteiger partial charge in [0.2, 0.25) is 0 Å². The Balaban J connectivity index is 2.24. The van der Waals surface area contributed by atoms with Gasteiger partial charge in [-0.3, -0.25) is 4.90 Å². The second kappa shape index (κ2) is 8.60. The molecule has 1 aliphatic heterocycles. The smallest absolute Gasteiger partial charge is 0.415 e. The zero-order chi connectivity index (χ0) is 18.2. The van der Waals surface area contributed by atoms with E-state index in [9.17, 15) is 9.59 Å². The second-order valence-corrected chi connectivity index (χ2v) is 4.98. The zero-order valence-corrected chi connectivity index (χ0v) is 14.3. The van der Waals surface area contributed by atoms with Crippen molar-refractivity contribution in [3.63, 3.8) is 0 Å². The predicted octanol–water partition coefficient (Wildman–Crippen LogP) is 2.50. The Morgan fingerprint density at radius 1 is 1.20 bits per heavy atom. The number of carbonyl (C=O) groups is 2. The van der Waals surface area contributed by atoms with Crippen molar-refractivity contribution in [2.75, 3.05) is 20.8 Å². The maximum Gasteiger partial charge on any atom is 0.415 e. The van der Waals surface area contributed by atoms with E-state index in [1.807, 2.05) is 12.1 Å². The van der Waals surface area contributed by atoms with E-state index in [-0.39, 0.29) is 12.2 Å². The highest BCUT2D eigenvalue weighted by Crippen LogP contribution is 2.16. The molecule has 1 amide bonds. The van der Waals surface area contributed by atoms with Crippen molar-refractivity contribution in [1.29, 1.82) is 0 Å². The third-order valence-corrected chi connectivity index (χ3v) is 3.39. The molecule has 1 unspecified atom stereocenters. The van der Waals surface area contributed by atoms with Crippen molar-refractivity contribution in [2.24, 2.45) is 0 Å². The number of hydrogen-bond acceptors (Lipinski definition) is 5. The number of nitrogens with zero attached hydrogens (tertiary/aromatic N) is 1. The Hall–Kier alpha value is -3.20. The molecular formula is C19H19NO5. The molecule has 1 aliphatic rings. The summed E-state index contributed by atoms with van der Waals surface area (Å²) in [7, 11) is 2.87. The molecule has 0 bridgehead atoms. The van der Waals surface area contributed by atoms with Crippen LogP contribution in [-0.2, 0) is 14.3 Å². The first-order valence-electron chi connectivity index (χ1n) is 7.68. The summed E-state index contributed by atoms with van der Waals surface area (Å²) in [5.41, 5.74) is 1.03. The molecule has 6 heteroatoms. The molecule has 0 aromatic heterocycles. The maximum absolute atomic E-state index is 12.1. The third kappa shape index (κ3) is 4.64. The first-order valence-corrected chi connectivity index (χ1v) is 7.68. The molecule has 0 aliphatic carbocycles. The number of rotatable bonds is 3. The Morgan fingerprint density at radius 2 is 1.92 bits per heavy atom. The van der Waals surface area contributed by atoms with Crippen LogP contribution in [0, 0.1) is 11.8 Å². The van der Waals surface area contributed by atoms with E-state index in [0.717, 1.165) is 11.3 Å². The molecule has 25 heavy (non-hydrogen) atoms. The molecule has 6 nitrogen and oxygen atoms in total. The molecule has 1 heterocycles. The molecule has 0 N–H and O–H groups in total. The fraction of sp³-hybridized carbons (Fsp3) is 0.263. The average Bonchev–Trinajstić information content (AvgIpc) is 2.66. The Morgan fingerprint density at radius 3 is 2.52 bits per heavy atom. The molecule has 0 saturated heterocycles. The summed E-state index contributed by atoms with van der Waals surface area (Å²) in [4.78, 5) is 25.1. The summed E-state index contributed by atoms with van der Waals surface area (Å²) in [5, 5.41) is 0.